The lowest BCUT2D eigenvalue weighted by molar-refractivity contribution is -0.222. The van der Waals surface area contributed by atoms with Crippen molar-refractivity contribution in [3.63, 3.8) is 0 Å². The fraction of sp³-hybridized carbons (Fsp3) is 0.450. The molecule has 1 aromatic rings. The van der Waals surface area contributed by atoms with Gasteiger partial charge in [0, 0.05) is 20.0 Å². The number of aliphatic hydroxyl groups excluding tert-OH is 2. The van der Waals surface area contributed by atoms with E-state index in [1.807, 2.05) is 6.92 Å². The first-order chi connectivity index (χ1) is 14.2. The molecule has 10 heteroatoms. The number of esters is 3. The summed E-state index contributed by atoms with van der Waals surface area (Å²) in [6.45, 7) is 4.28. The van der Waals surface area contributed by atoms with Gasteiger partial charge < -0.3 is 34.5 Å². The van der Waals surface area contributed by atoms with Crippen LogP contribution in [-0.4, -0.2) is 59.8 Å². The van der Waals surface area contributed by atoms with E-state index in [1.54, 1.807) is 0 Å². The number of anilines is 1. The number of nitrogens with one attached hydrogen (secondary N) is 1. The average Bonchev–Trinajstić information content (AvgIpc) is 2.68. The molecule has 0 spiro atoms. The van der Waals surface area contributed by atoms with Crippen LogP contribution >= 0.6 is 0 Å². The molecule has 0 aromatic heterocycles. The highest BCUT2D eigenvalue weighted by molar-refractivity contribution is 6.15. The second-order valence-corrected chi connectivity index (χ2v) is 6.88. The molecule has 0 bridgehead atoms. The molecule has 1 aromatic carbocycles. The van der Waals surface area contributed by atoms with Gasteiger partial charge in [-0.25, -0.2) is 14.4 Å². The minimum absolute atomic E-state index is 0.125. The molecular weight excluding hydrogens is 398 g/mol. The van der Waals surface area contributed by atoms with E-state index < -0.39 is 36.4 Å². The Morgan fingerprint density at radius 2 is 1.93 bits per heavy atom. The summed E-state index contributed by atoms with van der Waals surface area (Å²) in [5, 5.41) is 20.9. The number of hydrogen-bond acceptors (Lipinski definition) is 10. The van der Waals surface area contributed by atoms with Crippen molar-refractivity contribution in [2.75, 3.05) is 25.1 Å². The van der Waals surface area contributed by atoms with Gasteiger partial charge in [0.2, 0.25) is 0 Å². The van der Waals surface area contributed by atoms with Gasteiger partial charge in [0.05, 0.1) is 24.5 Å². The van der Waals surface area contributed by atoms with Crippen LogP contribution < -0.4 is 10.1 Å². The standard InChI is InChI=1S/C20H25NO9/c1-4-7-27-16-6-5-12(17(24)28-11-13(23)10-22)8-15(16)21-9-14-18(25)29-20(2,3)30-19(14)26/h5-6,8-9,13,21-23H,4,7,10-11H2,1-3H3. The summed E-state index contributed by atoms with van der Waals surface area (Å²) < 4.78 is 20.6. The van der Waals surface area contributed by atoms with Crippen molar-refractivity contribution in [2.45, 2.75) is 39.1 Å². The number of benzene rings is 1. The predicted octanol–water partition coefficient (Wildman–Crippen LogP) is 1.12. The van der Waals surface area contributed by atoms with Crippen molar-refractivity contribution >= 4 is 23.6 Å². The summed E-state index contributed by atoms with van der Waals surface area (Å²) >= 11 is 0. The van der Waals surface area contributed by atoms with Crippen LogP contribution in [0.2, 0.25) is 0 Å². The highest BCUT2D eigenvalue weighted by atomic mass is 16.7. The van der Waals surface area contributed by atoms with E-state index in [0.717, 1.165) is 12.6 Å². The van der Waals surface area contributed by atoms with E-state index >= 15 is 0 Å². The van der Waals surface area contributed by atoms with Gasteiger partial charge in [-0.3, -0.25) is 0 Å². The Morgan fingerprint density at radius 3 is 2.53 bits per heavy atom. The lowest BCUT2D eigenvalue weighted by atomic mass is 10.1. The first-order valence-electron chi connectivity index (χ1n) is 9.33. The van der Waals surface area contributed by atoms with Crippen LogP contribution in [0.1, 0.15) is 37.6 Å². The monoisotopic (exact) mass is 423 g/mol. The second-order valence-electron chi connectivity index (χ2n) is 6.88. The van der Waals surface area contributed by atoms with Gasteiger partial charge in [-0.05, 0) is 24.6 Å². The van der Waals surface area contributed by atoms with Crippen LogP contribution in [0.25, 0.3) is 0 Å². The Hall–Kier alpha value is -3.11. The first-order valence-corrected chi connectivity index (χ1v) is 9.33. The number of aliphatic hydroxyl groups is 2. The summed E-state index contributed by atoms with van der Waals surface area (Å²) in [5.74, 6) is -3.43. The number of carbonyl (C=O) groups excluding carboxylic acids is 3. The maximum absolute atomic E-state index is 12.2. The smallest absolute Gasteiger partial charge is 0.350 e. The van der Waals surface area contributed by atoms with Crippen LogP contribution in [0.5, 0.6) is 5.75 Å². The zero-order valence-electron chi connectivity index (χ0n) is 17.0. The van der Waals surface area contributed by atoms with Gasteiger partial charge in [-0.15, -0.1) is 0 Å². The molecule has 0 aliphatic carbocycles. The number of hydrogen-bond donors (Lipinski definition) is 3. The van der Waals surface area contributed by atoms with Gasteiger partial charge >= 0.3 is 17.9 Å². The Bertz CT molecular complexity index is 810. The van der Waals surface area contributed by atoms with Crippen molar-refractivity contribution in [3.05, 3.63) is 35.5 Å². The molecule has 1 aliphatic rings. The molecule has 164 valence electrons. The van der Waals surface area contributed by atoms with Crippen LogP contribution in [0.15, 0.2) is 30.0 Å². The zero-order chi connectivity index (χ0) is 22.3. The highest BCUT2D eigenvalue weighted by Crippen LogP contribution is 2.28. The minimum atomic E-state index is -1.36. The predicted molar refractivity (Wildman–Crippen MR) is 104 cm³/mol. The summed E-state index contributed by atoms with van der Waals surface area (Å²) in [6, 6.07) is 4.39. The van der Waals surface area contributed by atoms with Crippen molar-refractivity contribution in [1.82, 2.24) is 0 Å². The number of rotatable bonds is 9. The van der Waals surface area contributed by atoms with Crippen LogP contribution in [-0.2, 0) is 23.8 Å². The van der Waals surface area contributed by atoms with Crippen molar-refractivity contribution in [3.8, 4) is 5.75 Å². The van der Waals surface area contributed by atoms with E-state index in [1.165, 1.54) is 32.0 Å². The molecule has 30 heavy (non-hydrogen) atoms. The first kappa shape index (κ1) is 23.2. The number of cyclic esters (lactones) is 2. The number of ether oxygens (including phenoxy) is 4. The van der Waals surface area contributed by atoms with Crippen LogP contribution in [0.4, 0.5) is 5.69 Å². The molecule has 0 radical (unpaired) electrons. The number of carbonyl (C=O) groups is 3. The van der Waals surface area contributed by atoms with E-state index in [4.69, 9.17) is 24.1 Å². The quantitative estimate of drug-likeness (QED) is 0.300. The zero-order valence-corrected chi connectivity index (χ0v) is 17.0. The van der Waals surface area contributed by atoms with Gasteiger partial charge in [-0.1, -0.05) is 6.92 Å². The largest absolute Gasteiger partial charge is 0.491 e. The third-order valence-electron chi connectivity index (χ3n) is 3.78. The summed E-state index contributed by atoms with van der Waals surface area (Å²) in [4.78, 5) is 36.3. The molecule has 2 rings (SSSR count). The molecule has 3 N–H and O–H groups in total. The normalized spacial score (nSPS) is 16.2. The van der Waals surface area contributed by atoms with Crippen molar-refractivity contribution in [1.29, 1.82) is 0 Å². The molecule has 0 amide bonds. The third kappa shape index (κ3) is 6.19. The molecule has 1 aliphatic heterocycles. The van der Waals surface area contributed by atoms with Crippen LogP contribution in [0, 0.1) is 0 Å². The van der Waals surface area contributed by atoms with Crippen LogP contribution in [0.3, 0.4) is 0 Å². The molecule has 1 saturated heterocycles. The van der Waals surface area contributed by atoms with E-state index in [-0.39, 0.29) is 17.7 Å². The maximum Gasteiger partial charge on any atom is 0.350 e. The van der Waals surface area contributed by atoms with E-state index in [0.29, 0.717) is 18.0 Å². The maximum atomic E-state index is 12.2. The summed E-state index contributed by atoms with van der Waals surface area (Å²) in [5.41, 5.74) is 0.0631. The fourth-order valence-corrected chi connectivity index (χ4v) is 2.34. The third-order valence-corrected chi connectivity index (χ3v) is 3.78. The Morgan fingerprint density at radius 1 is 1.27 bits per heavy atom. The van der Waals surface area contributed by atoms with Crippen molar-refractivity contribution in [2.24, 2.45) is 0 Å². The lowest BCUT2D eigenvalue weighted by Gasteiger charge is -2.29. The lowest BCUT2D eigenvalue weighted by Crippen LogP contribution is -2.42. The van der Waals surface area contributed by atoms with Gasteiger partial charge in [0.25, 0.3) is 5.79 Å². The SMILES string of the molecule is CCCOc1ccc(C(=O)OCC(O)CO)cc1NC=C1C(=O)OC(C)(C)OC1=O. The molecule has 1 atom stereocenters. The van der Waals surface area contributed by atoms with Gasteiger partial charge in [0.1, 0.15) is 18.5 Å². The van der Waals surface area contributed by atoms with E-state index in [9.17, 15) is 19.5 Å². The topological polar surface area (TPSA) is 141 Å². The fourth-order valence-electron chi connectivity index (χ4n) is 2.34. The molecule has 1 heterocycles. The van der Waals surface area contributed by atoms with E-state index in [2.05, 4.69) is 5.32 Å². The van der Waals surface area contributed by atoms with Gasteiger partial charge in [0.15, 0.2) is 5.57 Å². The highest BCUT2D eigenvalue weighted by Gasteiger charge is 2.39. The Labute approximate surface area is 173 Å². The summed E-state index contributed by atoms with van der Waals surface area (Å²) in [7, 11) is 0. The average molecular weight is 423 g/mol. The summed E-state index contributed by atoms with van der Waals surface area (Å²) in [6.07, 6.45) is 0.659. The Balaban J connectivity index is 2.24. The molecule has 1 unspecified atom stereocenters. The minimum Gasteiger partial charge on any atom is -0.491 e. The Kier molecular flexibility index (Phi) is 7.79. The molecule has 0 saturated carbocycles. The molecule has 1 fully saturated rings. The molecule has 10 nitrogen and oxygen atoms in total. The van der Waals surface area contributed by atoms with Crippen molar-refractivity contribution < 1.29 is 43.5 Å². The van der Waals surface area contributed by atoms with Gasteiger partial charge in [-0.2, -0.15) is 0 Å². The second kappa shape index (κ2) is 10.1. The molecular formula is C20H25NO9.